The minimum atomic E-state index is -0.973. The summed E-state index contributed by atoms with van der Waals surface area (Å²) in [7, 11) is 1.55. The predicted octanol–water partition coefficient (Wildman–Crippen LogP) is 5.21. The quantitative estimate of drug-likeness (QED) is 0.417. The SMILES string of the molecule is COc1cc(CNc2ccc(N3CCOCC3)c(C(=O)O)c2)ccc1OCc1ccc(F)cc1Cl. The van der Waals surface area contributed by atoms with Crippen LogP contribution in [0, 0.1) is 5.82 Å². The number of carboxylic acid groups (broad SMARTS) is 1. The van der Waals surface area contributed by atoms with Gasteiger partial charge in [-0.05, 0) is 48.0 Å². The maximum absolute atomic E-state index is 13.2. The van der Waals surface area contributed by atoms with Gasteiger partial charge in [0.25, 0.3) is 0 Å². The number of carboxylic acids is 1. The number of aromatic carboxylic acids is 1. The first-order valence-corrected chi connectivity index (χ1v) is 11.5. The van der Waals surface area contributed by atoms with E-state index in [1.807, 2.05) is 29.2 Å². The van der Waals surface area contributed by atoms with E-state index in [1.165, 1.54) is 12.1 Å². The van der Waals surface area contributed by atoms with E-state index in [4.69, 9.17) is 25.8 Å². The summed E-state index contributed by atoms with van der Waals surface area (Å²) in [5.41, 5.74) is 3.22. The van der Waals surface area contributed by atoms with Crippen molar-refractivity contribution in [1.29, 1.82) is 0 Å². The van der Waals surface area contributed by atoms with Crippen molar-refractivity contribution >= 4 is 28.9 Å². The lowest BCUT2D eigenvalue weighted by atomic mass is 10.1. The summed E-state index contributed by atoms with van der Waals surface area (Å²) in [6.45, 7) is 3.11. The Balaban J connectivity index is 1.43. The van der Waals surface area contributed by atoms with Gasteiger partial charge < -0.3 is 29.5 Å². The normalized spacial score (nSPS) is 13.4. The van der Waals surface area contributed by atoms with E-state index in [9.17, 15) is 14.3 Å². The average molecular weight is 501 g/mol. The Kier molecular flexibility index (Phi) is 7.94. The van der Waals surface area contributed by atoms with Crippen molar-refractivity contribution in [2.75, 3.05) is 43.6 Å². The minimum Gasteiger partial charge on any atom is -0.493 e. The summed E-state index contributed by atoms with van der Waals surface area (Å²) < 4.78 is 29.9. The second kappa shape index (κ2) is 11.3. The molecule has 0 aromatic heterocycles. The van der Waals surface area contributed by atoms with Crippen molar-refractivity contribution < 1.29 is 28.5 Å². The van der Waals surface area contributed by atoms with Crippen LogP contribution < -0.4 is 19.7 Å². The van der Waals surface area contributed by atoms with Gasteiger partial charge in [0, 0.05) is 30.9 Å². The van der Waals surface area contributed by atoms with Crippen LogP contribution in [0.15, 0.2) is 54.6 Å². The van der Waals surface area contributed by atoms with Gasteiger partial charge in [0.05, 0.1) is 36.6 Å². The second-order valence-electron chi connectivity index (χ2n) is 8.00. The molecule has 2 N–H and O–H groups in total. The van der Waals surface area contributed by atoms with Crippen LogP contribution in [0.5, 0.6) is 11.5 Å². The molecule has 4 rings (SSSR count). The Hall–Kier alpha value is -3.49. The van der Waals surface area contributed by atoms with Crippen molar-refractivity contribution in [3.8, 4) is 11.5 Å². The smallest absolute Gasteiger partial charge is 0.337 e. The zero-order chi connectivity index (χ0) is 24.8. The first-order valence-electron chi connectivity index (χ1n) is 11.1. The molecule has 1 heterocycles. The molecule has 0 spiro atoms. The summed E-state index contributed by atoms with van der Waals surface area (Å²) in [5.74, 6) is -0.310. The number of halogens is 2. The summed E-state index contributed by atoms with van der Waals surface area (Å²) in [5, 5.41) is 13.3. The third-order valence-electron chi connectivity index (χ3n) is 5.70. The van der Waals surface area contributed by atoms with Crippen LogP contribution in [0.1, 0.15) is 21.5 Å². The lowest BCUT2D eigenvalue weighted by Gasteiger charge is -2.30. The number of methoxy groups -OCH3 is 1. The highest BCUT2D eigenvalue weighted by Crippen LogP contribution is 2.31. The van der Waals surface area contributed by atoms with Gasteiger partial charge in [0.1, 0.15) is 12.4 Å². The topological polar surface area (TPSA) is 80.3 Å². The predicted molar refractivity (Wildman–Crippen MR) is 132 cm³/mol. The van der Waals surface area contributed by atoms with Crippen LogP contribution in [-0.4, -0.2) is 44.5 Å². The third-order valence-corrected chi connectivity index (χ3v) is 6.05. The highest BCUT2D eigenvalue weighted by molar-refractivity contribution is 6.31. The summed E-state index contributed by atoms with van der Waals surface area (Å²) in [6, 6.07) is 15.0. The molecule has 1 fully saturated rings. The third kappa shape index (κ3) is 6.15. The lowest BCUT2D eigenvalue weighted by molar-refractivity contribution is 0.0696. The van der Waals surface area contributed by atoms with E-state index in [0.29, 0.717) is 66.3 Å². The van der Waals surface area contributed by atoms with Gasteiger partial charge >= 0.3 is 5.97 Å². The first-order chi connectivity index (χ1) is 16.9. The molecule has 0 amide bonds. The highest BCUT2D eigenvalue weighted by Gasteiger charge is 2.19. The fourth-order valence-corrected chi connectivity index (χ4v) is 4.06. The van der Waals surface area contributed by atoms with Crippen LogP contribution in [0.3, 0.4) is 0 Å². The molecule has 1 aliphatic rings. The maximum Gasteiger partial charge on any atom is 0.337 e. The van der Waals surface area contributed by atoms with Crippen molar-refractivity contribution in [1.82, 2.24) is 0 Å². The number of carbonyl (C=O) groups is 1. The zero-order valence-electron chi connectivity index (χ0n) is 19.2. The maximum atomic E-state index is 13.2. The van der Waals surface area contributed by atoms with E-state index in [1.54, 1.807) is 25.3 Å². The van der Waals surface area contributed by atoms with Crippen LogP contribution in [0.25, 0.3) is 0 Å². The fraction of sp³-hybridized carbons (Fsp3) is 0.269. The second-order valence-corrected chi connectivity index (χ2v) is 8.41. The molecule has 0 aliphatic carbocycles. The molecule has 9 heteroatoms. The van der Waals surface area contributed by atoms with Crippen LogP contribution in [0.2, 0.25) is 5.02 Å². The molecule has 0 bridgehead atoms. The van der Waals surface area contributed by atoms with Gasteiger partial charge in [-0.3, -0.25) is 0 Å². The van der Waals surface area contributed by atoms with E-state index in [-0.39, 0.29) is 12.2 Å². The molecular formula is C26H26ClFN2O5. The van der Waals surface area contributed by atoms with Gasteiger partial charge in [-0.1, -0.05) is 23.7 Å². The molecule has 3 aromatic carbocycles. The Morgan fingerprint density at radius 2 is 1.91 bits per heavy atom. The van der Waals surface area contributed by atoms with E-state index < -0.39 is 11.8 Å². The molecule has 1 aliphatic heterocycles. The monoisotopic (exact) mass is 500 g/mol. The molecule has 3 aromatic rings. The summed E-state index contributed by atoms with van der Waals surface area (Å²) >= 11 is 6.07. The van der Waals surface area contributed by atoms with Gasteiger partial charge in [-0.2, -0.15) is 0 Å². The Bertz CT molecular complexity index is 1200. The van der Waals surface area contributed by atoms with Gasteiger partial charge in [0.15, 0.2) is 11.5 Å². The number of nitrogens with one attached hydrogen (secondary N) is 1. The number of hydrogen-bond acceptors (Lipinski definition) is 6. The Morgan fingerprint density at radius 1 is 1.11 bits per heavy atom. The summed E-state index contributed by atoms with van der Waals surface area (Å²) in [4.78, 5) is 13.9. The molecule has 7 nitrogen and oxygen atoms in total. The molecule has 0 atom stereocenters. The average Bonchev–Trinajstić information content (AvgIpc) is 2.87. The first kappa shape index (κ1) is 24.6. The molecular weight excluding hydrogens is 475 g/mol. The van der Waals surface area contributed by atoms with Crippen LogP contribution >= 0.6 is 11.6 Å². The van der Waals surface area contributed by atoms with E-state index in [2.05, 4.69) is 5.32 Å². The van der Waals surface area contributed by atoms with E-state index >= 15 is 0 Å². The number of hydrogen-bond donors (Lipinski definition) is 2. The molecule has 0 unspecified atom stereocenters. The van der Waals surface area contributed by atoms with Crippen LogP contribution in [-0.2, 0) is 17.9 Å². The number of benzene rings is 3. The van der Waals surface area contributed by atoms with Crippen molar-refractivity contribution in [2.45, 2.75) is 13.2 Å². The van der Waals surface area contributed by atoms with Gasteiger partial charge in [0.2, 0.25) is 0 Å². The molecule has 1 saturated heterocycles. The summed E-state index contributed by atoms with van der Waals surface area (Å²) in [6.07, 6.45) is 0. The Labute approximate surface area is 208 Å². The zero-order valence-corrected chi connectivity index (χ0v) is 20.0. The van der Waals surface area contributed by atoms with Gasteiger partial charge in [-0.25, -0.2) is 9.18 Å². The highest BCUT2D eigenvalue weighted by atomic mass is 35.5. The van der Waals surface area contributed by atoms with Crippen molar-refractivity contribution in [2.24, 2.45) is 0 Å². The van der Waals surface area contributed by atoms with E-state index in [0.717, 1.165) is 5.56 Å². The van der Waals surface area contributed by atoms with Crippen molar-refractivity contribution in [3.05, 3.63) is 82.1 Å². The largest absolute Gasteiger partial charge is 0.493 e. The molecule has 0 radical (unpaired) electrons. The lowest BCUT2D eigenvalue weighted by Crippen LogP contribution is -2.37. The van der Waals surface area contributed by atoms with Gasteiger partial charge in [-0.15, -0.1) is 0 Å². The Morgan fingerprint density at radius 3 is 2.63 bits per heavy atom. The standard InChI is InChI=1S/C26H26ClFN2O5/c1-33-25-12-17(2-7-24(25)35-16-18-3-4-19(28)13-22(18)27)15-29-20-5-6-23(21(14-20)26(31)32)30-8-10-34-11-9-30/h2-7,12-14,29H,8-11,15-16H2,1H3,(H,31,32). The number of anilines is 2. The number of nitrogens with zero attached hydrogens (tertiary/aromatic N) is 1. The molecule has 0 saturated carbocycles. The number of rotatable bonds is 9. The molecule has 35 heavy (non-hydrogen) atoms. The number of morpholine rings is 1. The van der Waals surface area contributed by atoms with Crippen molar-refractivity contribution in [3.63, 3.8) is 0 Å². The molecule has 184 valence electrons. The fourth-order valence-electron chi connectivity index (χ4n) is 3.84. The number of ether oxygens (including phenoxy) is 3. The van der Waals surface area contributed by atoms with Crippen LogP contribution in [0.4, 0.5) is 15.8 Å². The minimum absolute atomic E-state index is 0.167.